The summed E-state index contributed by atoms with van der Waals surface area (Å²) >= 11 is 0. The van der Waals surface area contributed by atoms with Crippen LogP contribution in [0.15, 0.2) is 24.3 Å². The summed E-state index contributed by atoms with van der Waals surface area (Å²) in [4.78, 5) is 12.2. The Bertz CT molecular complexity index is 465. The average molecular weight is 291 g/mol. The molecular formula is C17H25NO3. The van der Waals surface area contributed by atoms with Crippen molar-refractivity contribution >= 4 is 5.97 Å². The maximum Gasteiger partial charge on any atom is 0.325 e. The summed E-state index contributed by atoms with van der Waals surface area (Å²) < 4.78 is 4.99. The quantitative estimate of drug-likeness (QED) is 0.791. The molecule has 1 aliphatic rings. The van der Waals surface area contributed by atoms with Gasteiger partial charge in [0.25, 0.3) is 0 Å². The van der Waals surface area contributed by atoms with E-state index >= 15 is 0 Å². The average Bonchev–Trinajstić information content (AvgIpc) is 2.98. The molecule has 1 fully saturated rings. The lowest BCUT2D eigenvalue weighted by Gasteiger charge is -2.31. The molecule has 21 heavy (non-hydrogen) atoms. The minimum absolute atomic E-state index is 0.201. The van der Waals surface area contributed by atoms with E-state index < -0.39 is 5.54 Å². The molecule has 2 N–H and O–H groups in total. The minimum atomic E-state index is -0.651. The number of hydrogen-bond acceptors (Lipinski definition) is 4. The molecule has 1 aliphatic carbocycles. The third-order valence-corrected chi connectivity index (χ3v) is 4.36. The molecule has 1 saturated carbocycles. The van der Waals surface area contributed by atoms with Crippen molar-refractivity contribution in [3.05, 3.63) is 29.8 Å². The van der Waals surface area contributed by atoms with Gasteiger partial charge in [-0.1, -0.05) is 25.0 Å². The van der Waals surface area contributed by atoms with E-state index in [4.69, 9.17) is 4.74 Å². The largest absolute Gasteiger partial charge is 0.508 e. The summed E-state index contributed by atoms with van der Waals surface area (Å²) in [6, 6.07) is 7.55. The molecule has 0 bridgehead atoms. The van der Waals surface area contributed by atoms with Crippen LogP contribution >= 0.6 is 0 Å². The van der Waals surface area contributed by atoms with Crippen molar-refractivity contribution in [1.82, 2.24) is 5.32 Å². The monoisotopic (exact) mass is 291 g/mol. The smallest absolute Gasteiger partial charge is 0.325 e. The van der Waals surface area contributed by atoms with Crippen LogP contribution in [0.1, 0.15) is 44.6 Å². The number of methoxy groups -OCH3 is 1. The zero-order valence-electron chi connectivity index (χ0n) is 12.9. The van der Waals surface area contributed by atoms with Crippen molar-refractivity contribution in [2.24, 2.45) is 0 Å². The van der Waals surface area contributed by atoms with Crippen LogP contribution in [0.3, 0.4) is 0 Å². The van der Waals surface area contributed by atoms with Crippen molar-refractivity contribution in [2.45, 2.75) is 57.0 Å². The summed E-state index contributed by atoms with van der Waals surface area (Å²) in [6.45, 7) is 1.93. The predicted octanol–water partition coefficient (Wildman–Crippen LogP) is 2.79. The second-order valence-electron chi connectivity index (χ2n) is 6.12. The van der Waals surface area contributed by atoms with Crippen molar-refractivity contribution in [1.29, 1.82) is 0 Å². The molecule has 1 aromatic carbocycles. The summed E-state index contributed by atoms with van der Waals surface area (Å²) in [6.07, 6.45) is 6.17. The Hall–Kier alpha value is -1.55. The molecule has 0 amide bonds. The number of benzene rings is 1. The Morgan fingerprint density at radius 3 is 2.52 bits per heavy atom. The number of phenolic OH excluding ortho intramolecular Hbond substituents is 1. The standard InChI is InChI=1S/C17H25NO3/c1-17(16(20)21-2,18-14-5-3-4-6-14)12-11-13-7-9-15(19)10-8-13/h7-10,14,18-19H,3-6,11-12H2,1-2H3. The van der Waals surface area contributed by atoms with Gasteiger partial charge in [-0.15, -0.1) is 0 Å². The number of phenols is 1. The summed E-state index contributed by atoms with van der Waals surface area (Å²) in [5.41, 5.74) is 0.456. The first-order chi connectivity index (χ1) is 10.0. The highest BCUT2D eigenvalue weighted by atomic mass is 16.5. The zero-order chi connectivity index (χ0) is 15.3. The number of nitrogens with one attached hydrogen (secondary N) is 1. The van der Waals surface area contributed by atoms with Gasteiger partial charge in [0, 0.05) is 6.04 Å². The van der Waals surface area contributed by atoms with Gasteiger partial charge in [-0.2, -0.15) is 0 Å². The minimum Gasteiger partial charge on any atom is -0.508 e. The van der Waals surface area contributed by atoms with Gasteiger partial charge in [0.15, 0.2) is 0 Å². The van der Waals surface area contributed by atoms with Gasteiger partial charge in [0.1, 0.15) is 11.3 Å². The molecule has 0 heterocycles. The summed E-state index contributed by atoms with van der Waals surface area (Å²) in [5, 5.41) is 12.8. The number of esters is 1. The summed E-state index contributed by atoms with van der Waals surface area (Å²) in [7, 11) is 1.44. The number of aryl methyl sites for hydroxylation is 1. The van der Waals surface area contributed by atoms with Crippen molar-refractivity contribution in [3.63, 3.8) is 0 Å². The number of hydrogen-bond donors (Lipinski definition) is 2. The zero-order valence-corrected chi connectivity index (χ0v) is 12.9. The molecule has 0 aromatic heterocycles. The normalized spacial score (nSPS) is 18.4. The Morgan fingerprint density at radius 1 is 1.33 bits per heavy atom. The molecule has 116 valence electrons. The molecular weight excluding hydrogens is 266 g/mol. The molecule has 0 saturated heterocycles. The van der Waals surface area contributed by atoms with Crippen molar-refractivity contribution in [3.8, 4) is 5.75 Å². The van der Waals surface area contributed by atoms with Gasteiger partial charge in [0.05, 0.1) is 7.11 Å². The van der Waals surface area contributed by atoms with Crippen LogP contribution < -0.4 is 5.32 Å². The van der Waals surface area contributed by atoms with Gasteiger partial charge in [-0.25, -0.2) is 0 Å². The second kappa shape index (κ2) is 6.94. The topological polar surface area (TPSA) is 58.6 Å². The maximum atomic E-state index is 12.2. The van der Waals surface area contributed by atoms with Crippen LogP contribution in [0.4, 0.5) is 0 Å². The predicted molar refractivity (Wildman–Crippen MR) is 82.2 cm³/mol. The fraction of sp³-hybridized carbons (Fsp3) is 0.588. The fourth-order valence-corrected chi connectivity index (χ4v) is 3.04. The molecule has 0 aliphatic heterocycles. The molecule has 4 heteroatoms. The van der Waals surface area contributed by atoms with Crippen LogP contribution in [0, 0.1) is 0 Å². The number of rotatable bonds is 6. The van der Waals surface area contributed by atoms with Gasteiger partial charge in [0.2, 0.25) is 0 Å². The third kappa shape index (κ3) is 4.21. The maximum absolute atomic E-state index is 12.2. The highest BCUT2D eigenvalue weighted by molar-refractivity contribution is 5.80. The van der Waals surface area contributed by atoms with Crippen molar-refractivity contribution in [2.75, 3.05) is 7.11 Å². The van der Waals surface area contributed by atoms with Gasteiger partial charge in [-0.05, 0) is 50.3 Å². The number of carbonyl (C=O) groups excluding carboxylic acids is 1. The first-order valence-corrected chi connectivity index (χ1v) is 7.67. The van der Waals surface area contributed by atoms with Crippen LogP contribution in [0.25, 0.3) is 0 Å². The first-order valence-electron chi connectivity index (χ1n) is 7.67. The fourth-order valence-electron chi connectivity index (χ4n) is 3.04. The van der Waals surface area contributed by atoms with Crippen LogP contribution in [0.2, 0.25) is 0 Å². The summed E-state index contributed by atoms with van der Waals surface area (Å²) in [5.74, 6) is 0.0618. The molecule has 1 unspecified atom stereocenters. The van der Waals surface area contributed by atoms with Crippen LogP contribution in [0.5, 0.6) is 5.75 Å². The van der Waals surface area contributed by atoms with Gasteiger partial charge in [-0.3, -0.25) is 10.1 Å². The Labute approximate surface area is 126 Å². The molecule has 4 nitrogen and oxygen atoms in total. The lowest BCUT2D eigenvalue weighted by Crippen LogP contribution is -2.54. The Morgan fingerprint density at radius 2 is 1.95 bits per heavy atom. The molecule has 0 radical (unpaired) electrons. The Balaban J connectivity index is 2.01. The van der Waals surface area contributed by atoms with Gasteiger partial charge >= 0.3 is 5.97 Å². The highest BCUT2D eigenvalue weighted by Gasteiger charge is 2.36. The lowest BCUT2D eigenvalue weighted by atomic mass is 9.92. The van der Waals surface area contributed by atoms with E-state index in [-0.39, 0.29) is 11.7 Å². The SMILES string of the molecule is COC(=O)C(C)(CCc1ccc(O)cc1)NC1CCCC1. The third-order valence-electron chi connectivity index (χ3n) is 4.36. The van der Waals surface area contributed by atoms with Gasteiger partial charge < -0.3 is 9.84 Å². The number of aromatic hydroxyl groups is 1. The number of carbonyl (C=O) groups is 1. The number of ether oxygens (including phenoxy) is 1. The van der Waals surface area contributed by atoms with Crippen LogP contribution in [-0.2, 0) is 16.0 Å². The highest BCUT2D eigenvalue weighted by Crippen LogP contribution is 2.24. The van der Waals surface area contributed by atoms with E-state index in [1.165, 1.54) is 20.0 Å². The van der Waals surface area contributed by atoms with E-state index in [1.54, 1.807) is 12.1 Å². The molecule has 0 spiro atoms. The van der Waals surface area contributed by atoms with E-state index in [2.05, 4.69) is 5.32 Å². The van der Waals surface area contributed by atoms with Crippen LogP contribution in [-0.4, -0.2) is 29.8 Å². The first kappa shape index (κ1) is 15.8. The van der Waals surface area contributed by atoms with E-state index in [1.807, 2.05) is 19.1 Å². The molecule has 1 atom stereocenters. The molecule has 2 rings (SSSR count). The second-order valence-corrected chi connectivity index (χ2v) is 6.12. The van der Waals surface area contributed by atoms with Crippen molar-refractivity contribution < 1.29 is 14.6 Å². The van der Waals surface area contributed by atoms with E-state index in [0.29, 0.717) is 12.5 Å². The van der Waals surface area contributed by atoms with E-state index in [0.717, 1.165) is 24.8 Å². The van der Waals surface area contributed by atoms with E-state index in [9.17, 15) is 9.90 Å². The Kier molecular flexibility index (Phi) is 5.23. The molecule has 1 aromatic rings. The lowest BCUT2D eigenvalue weighted by molar-refractivity contribution is -0.148.